The Hall–Kier alpha value is -3.71. The molecule has 0 spiro atoms. The molecule has 33 heavy (non-hydrogen) atoms. The number of halogens is 1. The van der Waals surface area contributed by atoms with Crippen molar-refractivity contribution in [1.29, 1.82) is 0 Å². The lowest BCUT2D eigenvalue weighted by Gasteiger charge is -2.29. The number of thiazole rings is 1. The third kappa shape index (κ3) is 5.21. The van der Waals surface area contributed by atoms with E-state index in [2.05, 4.69) is 5.32 Å². The first kappa shape index (κ1) is 22.5. The number of rotatable bonds is 8. The fourth-order valence-electron chi connectivity index (χ4n) is 3.48. The molecule has 1 atom stereocenters. The molecule has 1 aromatic heterocycles. The van der Waals surface area contributed by atoms with Crippen molar-refractivity contribution in [3.05, 3.63) is 95.6 Å². The zero-order valence-corrected chi connectivity index (χ0v) is 19.2. The summed E-state index contributed by atoms with van der Waals surface area (Å²) in [5.41, 5.74) is 3.42. The number of ether oxygens (including phenoxy) is 1. The lowest BCUT2D eigenvalue weighted by Crippen LogP contribution is -2.42. The molecule has 3 aromatic carbocycles. The van der Waals surface area contributed by atoms with Gasteiger partial charge in [0.05, 0.1) is 18.5 Å². The summed E-state index contributed by atoms with van der Waals surface area (Å²) in [4.78, 5) is 19.9. The molecule has 0 unspecified atom stereocenters. The maximum atomic E-state index is 13.2. The molecular formula is C26H24FN3O2S. The first-order chi connectivity index (χ1) is 16.1. The molecule has 168 valence electrons. The first-order valence-corrected chi connectivity index (χ1v) is 11.4. The molecule has 4 aromatic rings. The lowest BCUT2D eigenvalue weighted by molar-refractivity contribution is -0.122. The molecule has 0 bridgehead atoms. The fraction of sp³-hybridized carbons (Fsp3) is 0.154. The van der Waals surface area contributed by atoms with Crippen molar-refractivity contribution in [3.63, 3.8) is 0 Å². The maximum Gasteiger partial charge on any atom is 0.243 e. The van der Waals surface area contributed by atoms with Crippen LogP contribution < -0.4 is 15.0 Å². The largest absolute Gasteiger partial charge is 0.495 e. The molecule has 0 aliphatic carbocycles. The van der Waals surface area contributed by atoms with Gasteiger partial charge in [-0.25, -0.2) is 9.37 Å². The van der Waals surface area contributed by atoms with Crippen LogP contribution in [0.1, 0.15) is 12.5 Å². The number of anilines is 2. The lowest BCUT2D eigenvalue weighted by atomic mass is 10.2. The predicted molar refractivity (Wildman–Crippen MR) is 130 cm³/mol. The Morgan fingerprint density at radius 3 is 2.48 bits per heavy atom. The van der Waals surface area contributed by atoms with Gasteiger partial charge in [0.1, 0.15) is 17.6 Å². The van der Waals surface area contributed by atoms with E-state index in [0.717, 1.165) is 22.5 Å². The van der Waals surface area contributed by atoms with Crippen LogP contribution in [-0.4, -0.2) is 24.0 Å². The van der Waals surface area contributed by atoms with Gasteiger partial charge in [-0.15, -0.1) is 11.3 Å². The van der Waals surface area contributed by atoms with E-state index in [1.54, 1.807) is 19.2 Å². The normalized spacial score (nSPS) is 11.6. The Kier molecular flexibility index (Phi) is 7.00. The number of hydrogen-bond acceptors (Lipinski definition) is 5. The van der Waals surface area contributed by atoms with Crippen LogP contribution in [0.5, 0.6) is 5.75 Å². The van der Waals surface area contributed by atoms with Crippen molar-refractivity contribution in [2.45, 2.75) is 19.5 Å². The molecule has 0 fully saturated rings. The maximum absolute atomic E-state index is 13.2. The Morgan fingerprint density at radius 2 is 1.76 bits per heavy atom. The molecule has 0 aliphatic heterocycles. The van der Waals surface area contributed by atoms with Gasteiger partial charge in [-0.3, -0.25) is 4.79 Å². The summed E-state index contributed by atoms with van der Waals surface area (Å²) in [6.07, 6.45) is 0. The van der Waals surface area contributed by atoms with Gasteiger partial charge >= 0.3 is 0 Å². The highest BCUT2D eigenvalue weighted by atomic mass is 32.1. The SMILES string of the molecule is COc1ccccc1N(c1nc(-c2ccccc2)cs1)[C@@H](C)C(=O)NCc1ccc(F)cc1. The Bertz CT molecular complexity index is 1210. The average molecular weight is 462 g/mol. The average Bonchev–Trinajstić information content (AvgIpc) is 3.34. The van der Waals surface area contributed by atoms with Crippen molar-refractivity contribution < 1.29 is 13.9 Å². The van der Waals surface area contributed by atoms with Gasteiger partial charge < -0.3 is 15.0 Å². The van der Waals surface area contributed by atoms with Crippen LogP contribution in [0.25, 0.3) is 11.3 Å². The minimum absolute atomic E-state index is 0.179. The third-order valence-corrected chi connectivity index (χ3v) is 6.10. The highest BCUT2D eigenvalue weighted by Crippen LogP contribution is 2.38. The Morgan fingerprint density at radius 1 is 1.06 bits per heavy atom. The second kappa shape index (κ2) is 10.3. The monoisotopic (exact) mass is 461 g/mol. The van der Waals surface area contributed by atoms with Crippen LogP contribution in [0.2, 0.25) is 0 Å². The van der Waals surface area contributed by atoms with Gasteiger partial charge in [0.2, 0.25) is 5.91 Å². The zero-order chi connectivity index (χ0) is 23.2. The van der Waals surface area contributed by atoms with E-state index in [9.17, 15) is 9.18 Å². The number of hydrogen-bond donors (Lipinski definition) is 1. The number of nitrogens with one attached hydrogen (secondary N) is 1. The summed E-state index contributed by atoms with van der Waals surface area (Å²) in [6, 6.07) is 23.0. The van der Waals surface area contributed by atoms with E-state index in [1.807, 2.05) is 71.8 Å². The highest BCUT2D eigenvalue weighted by molar-refractivity contribution is 7.14. The van der Waals surface area contributed by atoms with Crippen molar-refractivity contribution >= 4 is 28.1 Å². The van der Waals surface area contributed by atoms with Crippen LogP contribution in [0.15, 0.2) is 84.2 Å². The summed E-state index contributed by atoms with van der Waals surface area (Å²) in [5.74, 6) is 0.160. The molecule has 4 rings (SSSR count). The van der Waals surface area contributed by atoms with Crippen molar-refractivity contribution in [2.75, 3.05) is 12.0 Å². The van der Waals surface area contributed by atoms with Crippen LogP contribution in [0, 0.1) is 5.82 Å². The molecule has 0 radical (unpaired) electrons. The number of methoxy groups -OCH3 is 1. The van der Waals surface area contributed by atoms with Crippen molar-refractivity contribution in [3.8, 4) is 17.0 Å². The van der Waals surface area contributed by atoms with Gasteiger partial charge in [-0.2, -0.15) is 0 Å². The number of benzene rings is 3. The van der Waals surface area contributed by atoms with E-state index in [0.29, 0.717) is 17.4 Å². The molecule has 1 amide bonds. The molecule has 0 saturated heterocycles. The molecule has 1 N–H and O–H groups in total. The number of para-hydroxylation sites is 2. The molecule has 1 heterocycles. The van der Waals surface area contributed by atoms with Crippen LogP contribution in [0.4, 0.5) is 15.2 Å². The standard InChI is InChI=1S/C26H24FN3O2S/c1-18(25(31)28-16-19-12-14-21(27)15-13-19)30(23-10-6-7-11-24(23)32-2)26-29-22(17-33-26)20-8-4-3-5-9-20/h3-15,17-18H,16H2,1-2H3,(H,28,31)/t18-/m0/s1. The van der Waals surface area contributed by atoms with E-state index < -0.39 is 6.04 Å². The van der Waals surface area contributed by atoms with Crippen LogP contribution >= 0.6 is 11.3 Å². The molecular weight excluding hydrogens is 437 g/mol. The second-order valence-electron chi connectivity index (χ2n) is 7.44. The van der Waals surface area contributed by atoms with E-state index >= 15 is 0 Å². The zero-order valence-electron chi connectivity index (χ0n) is 18.4. The van der Waals surface area contributed by atoms with E-state index in [4.69, 9.17) is 9.72 Å². The molecule has 7 heteroatoms. The summed E-state index contributed by atoms with van der Waals surface area (Å²) in [7, 11) is 1.60. The number of carbonyl (C=O) groups is 1. The number of nitrogens with zero attached hydrogens (tertiary/aromatic N) is 2. The quantitative estimate of drug-likeness (QED) is 0.360. The van der Waals surface area contributed by atoms with Crippen LogP contribution in [-0.2, 0) is 11.3 Å². The van der Waals surface area contributed by atoms with Gasteiger partial charge in [0.15, 0.2) is 5.13 Å². The summed E-state index contributed by atoms with van der Waals surface area (Å²) in [6.45, 7) is 2.13. The fourth-order valence-corrected chi connectivity index (χ4v) is 4.41. The topological polar surface area (TPSA) is 54.5 Å². The molecule has 5 nitrogen and oxygen atoms in total. The van der Waals surface area contributed by atoms with E-state index in [-0.39, 0.29) is 11.7 Å². The van der Waals surface area contributed by atoms with Gasteiger partial charge in [-0.1, -0.05) is 54.6 Å². The third-order valence-electron chi connectivity index (χ3n) is 5.26. The molecule has 0 aliphatic rings. The smallest absolute Gasteiger partial charge is 0.243 e. The van der Waals surface area contributed by atoms with E-state index in [1.165, 1.54) is 23.5 Å². The Labute approximate surface area is 196 Å². The molecule has 0 saturated carbocycles. The van der Waals surface area contributed by atoms with Gasteiger partial charge in [0, 0.05) is 17.5 Å². The van der Waals surface area contributed by atoms with Gasteiger partial charge in [-0.05, 0) is 36.8 Å². The second-order valence-corrected chi connectivity index (χ2v) is 8.28. The minimum atomic E-state index is -0.573. The first-order valence-electron chi connectivity index (χ1n) is 10.5. The number of carbonyl (C=O) groups excluding carboxylic acids is 1. The highest BCUT2D eigenvalue weighted by Gasteiger charge is 2.28. The predicted octanol–water partition coefficient (Wildman–Crippen LogP) is 5.80. The summed E-state index contributed by atoms with van der Waals surface area (Å²) >= 11 is 1.47. The summed E-state index contributed by atoms with van der Waals surface area (Å²) < 4.78 is 18.8. The summed E-state index contributed by atoms with van der Waals surface area (Å²) in [5, 5.41) is 5.61. The number of amides is 1. The van der Waals surface area contributed by atoms with Crippen LogP contribution in [0.3, 0.4) is 0 Å². The van der Waals surface area contributed by atoms with Crippen molar-refractivity contribution in [1.82, 2.24) is 10.3 Å². The minimum Gasteiger partial charge on any atom is -0.495 e. The van der Waals surface area contributed by atoms with Gasteiger partial charge in [0.25, 0.3) is 0 Å². The number of aromatic nitrogens is 1. The Balaban J connectivity index is 1.63. The van der Waals surface area contributed by atoms with Crippen molar-refractivity contribution in [2.24, 2.45) is 0 Å².